The Bertz CT molecular complexity index is 1090. The van der Waals surface area contributed by atoms with Crippen molar-refractivity contribution in [1.82, 2.24) is 4.98 Å². The number of hydrogen-bond acceptors (Lipinski definition) is 3. The van der Waals surface area contributed by atoms with Crippen LogP contribution in [0, 0.1) is 0 Å². The molecule has 0 saturated carbocycles. The molecular formula is C22H18N2O2. The second kappa shape index (κ2) is 6.94. The Morgan fingerprint density at radius 1 is 0.885 bits per heavy atom. The predicted octanol–water partition coefficient (Wildman–Crippen LogP) is 4.13. The van der Waals surface area contributed by atoms with Crippen LogP contribution in [-0.2, 0) is 16.1 Å². The van der Waals surface area contributed by atoms with Crippen LogP contribution in [0.25, 0.3) is 21.7 Å². The molecule has 1 aromatic heterocycles. The summed E-state index contributed by atoms with van der Waals surface area (Å²) in [5.41, 5.74) is 8.06. The topological polar surface area (TPSA) is 65.2 Å². The van der Waals surface area contributed by atoms with Crippen LogP contribution in [0.2, 0.25) is 0 Å². The summed E-state index contributed by atoms with van der Waals surface area (Å²) in [5, 5.41) is 3.07. The van der Waals surface area contributed by atoms with E-state index in [9.17, 15) is 4.79 Å². The van der Waals surface area contributed by atoms with Gasteiger partial charge in [0.1, 0.15) is 0 Å². The molecule has 0 spiro atoms. The average molecular weight is 342 g/mol. The predicted molar refractivity (Wildman–Crippen MR) is 102 cm³/mol. The maximum Gasteiger partial charge on any atom is 0.251 e. The van der Waals surface area contributed by atoms with Crippen LogP contribution in [0.15, 0.2) is 78.9 Å². The number of carbonyl (C=O) groups is 1. The van der Waals surface area contributed by atoms with Gasteiger partial charge in [-0.15, -0.1) is 0 Å². The van der Waals surface area contributed by atoms with Crippen LogP contribution >= 0.6 is 0 Å². The number of primary amides is 1. The summed E-state index contributed by atoms with van der Waals surface area (Å²) in [7, 11) is 0. The van der Waals surface area contributed by atoms with Gasteiger partial charge in [-0.25, -0.2) is 0 Å². The highest BCUT2D eigenvalue weighted by molar-refractivity contribution is 5.91. The van der Waals surface area contributed by atoms with Gasteiger partial charge < -0.3 is 10.5 Å². The number of rotatable bonds is 5. The number of carbonyl (C=O) groups excluding carboxylic acids is 1. The molecule has 3 aromatic carbocycles. The third-order valence-electron chi connectivity index (χ3n) is 4.42. The highest BCUT2D eigenvalue weighted by Gasteiger charge is 2.21. The summed E-state index contributed by atoms with van der Waals surface area (Å²) < 4.78 is 5.90. The van der Waals surface area contributed by atoms with Gasteiger partial charge >= 0.3 is 0 Å². The van der Waals surface area contributed by atoms with Crippen molar-refractivity contribution >= 4 is 27.6 Å². The van der Waals surface area contributed by atoms with E-state index in [2.05, 4.69) is 4.98 Å². The number of amides is 1. The minimum absolute atomic E-state index is 0.210. The van der Waals surface area contributed by atoms with Crippen molar-refractivity contribution in [3.05, 3.63) is 90.1 Å². The smallest absolute Gasteiger partial charge is 0.251 e. The van der Waals surface area contributed by atoms with E-state index in [0.717, 1.165) is 32.9 Å². The Labute approximate surface area is 151 Å². The Morgan fingerprint density at radius 3 is 2.46 bits per heavy atom. The van der Waals surface area contributed by atoms with E-state index in [4.69, 9.17) is 10.5 Å². The first-order valence-corrected chi connectivity index (χ1v) is 8.45. The number of pyridine rings is 1. The first-order chi connectivity index (χ1) is 12.7. The number of ether oxygens (including phenoxy) is 1. The molecule has 26 heavy (non-hydrogen) atoms. The summed E-state index contributed by atoms with van der Waals surface area (Å²) in [4.78, 5) is 16.6. The van der Waals surface area contributed by atoms with Crippen molar-refractivity contribution in [2.45, 2.75) is 12.7 Å². The molecule has 0 aliphatic carbocycles. The van der Waals surface area contributed by atoms with Crippen molar-refractivity contribution in [1.29, 1.82) is 0 Å². The number of para-hydroxylation sites is 1. The normalized spacial score (nSPS) is 12.3. The number of nitrogens with zero attached hydrogens (tertiary/aromatic N) is 1. The summed E-state index contributed by atoms with van der Waals surface area (Å²) in [6.45, 7) is 0.210. The molecule has 2 N–H and O–H groups in total. The minimum Gasteiger partial charge on any atom is -0.367 e. The van der Waals surface area contributed by atoms with Crippen molar-refractivity contribution in [3.8, 4) is 0 Å². The molecular weight excluding hydrogens is 324 g/mol. The lowest BCUT2D eigenvalue weighted by Crippen LogP contribution is -2.24. The van der Waals surface area contributed by atoms with E-state index < -0.39 is 12.0 Å². The van der Waals surface area contributed by atoms with E-state index in [1.807, 2.05) is 78.9 Å². The van der Waals surface area contributed by atoms with E-state index >= 15 is 0 Å². The van der Waals surface area contributed by atoms with E-state index in [1.54, 1.807) is 0 Å². The fourth-order valence-electron chi connectivity index (χ4n) is 3.16. The zero-order chi connectivity index (χ0) is 17.9. The molecule has 4 aromatic rings. The molecule has 1 amide bonds. The fraction of sp³-hybridized carbons (Fsp3) is 0.0909. The molecule has 4 heteroatoms. The monoisotopic (exact) mass is 342 g/mol. The lowest BCUT2D eigenvalue weighted by atomic mass is 10.00. The van der Waals surface area contributed by atoms with Crippen molar-refractivity contribution in [2.75, 3.05) is 0 Å². The maximum atomic E-state index is 12.1. The molecule has 1 heterocycles. The molecule has 0 aliphatic heterocycles. The second-order valence-electron chi connectivity index (χ2n) is 6.16. The van der Waals surface area contributed by atoms with Crippen molar-refractivity contribution in [3.63, 3.8) is 0 Å². The summed E-state index contributed by atoms with van der Waals surface area (Å²) >= 11 is 0. The standard InChI is InChI=1S/C22H18N2O2/c23-22(25)21(19-10-5-8-15-6-1-3-9-18(15)19)26-14-17-13-12-16-7-2-4-11-20(16)24-17/h1-13,21H,14H2,(H2,23,25). The third-order valence-corrected chi connectivity index (χ3v) is 4.42. The number of nitrogens with two attached hydrogens (primary N) is 1. The summed E-state index contributed by atoms with van der Waals surface area (Å²) in [6, 6.07) is 25.5. The summed E-state index contributed by atoms with van der Waals surface area (Å²) in [5.74, 6) is -0.512. The number of benzene rings is 3. The van der Waals surface area contributed by atoms with Gasteiger partial charge in [0, 0.05) is 5.39 Å². The first-order valence-electron chi connectivity index (χ1n) is 8.45. The van der Waals surface area contributed by atoms with Crippen LogP contribution in [0.1, 0.15) is 17.4 Å². The number of fused-ring (bicyclic) bond motifs is 2. The van der Waals surface area contributed by atoms with Crippen molar-refractivity contribution < 1.29 is 9.53 Å². The van der Waals surface area contributed by atoms with Gasteiger partial charge in [-0.3, -0.25) is 9.78 Å². The Morgan fingerprint density at radius 2 is 1.62 bits per heavy atom. The molecule has 128 valence electrons. The van der Waals surface area contributed by atoms with Crippen LogP contribution in [-0.4, -0.2) is 10.9 Å². The van der Waals surface area contributed by atoms with Crippen molar-refractivity contribution in [2.24, 2.45) is 5.73 Å². The largest absolute Gasteiger partial charge is 0.367 e. The fourth-order valence-corrected chi connectivity index (χ4v) is 3.16. The van der Waals surface area contributed by atoms with Gasteiger partial charge in [-0.1, -0.05) is 66.7 Å². The molecule has 0 bridgehead atoms. The number of aromatic nitrogens is 1. The highest BCUT2D eigenvalue weighted by Crippen LogP contribution is 2.27. The van der Waals surface area contributed by atoms with Gasteiger partial charge in [0.05, 0.1) is 17.8 Å². The first kappa shape index (κ1) is 16.2. The molecule has 1 atom stereocenters. The maximum absolute atomic E-state index is 12.1. The summed E-state index contributed by atoms with van der Waals surface area (Å²) in [6.07, 6.45) is -0.825. The number of hydrogen-bond donors (Lipinski definition) is 1. The van der Waals surface area contributed by atoms with E-state index in [0.29, 0.717) is 0 Å². The molecule has 0 fully saturated rings. The van der Waals surface area contributed by atoms with Crippen LogP contribution in [0.5, 0.6) is 0 Å². The minimum atomic E-state index is -0.825. The van der Waals surface area contributed by atoms with Gasteiger partial charge in [-0.2, -0.15) is 0 Å². The van der Waals surface area contributed by atoms with E-state index in [-0.39, 0.29) is 6.61 Å². The average Bonchev–Trinajstić information content (AvgIpc) is 2.68. The second-order valence-corrected chi connectivity index (χ2v) is 6.16. The molecule has 1 unspecified atom stereocenters. The lowest BCUT2D eigenvalue weighted by molar-refractivity contribution is -0.130. The van der Waals surface area contributed by atoms with E-state index in [1.165, 1.54) is 0 Å². The van der Waals surface area contributed by atoms with Crippen LogP contribution < -0.4 is 5.73 Å². The zero-order valence-electron chi connectivity index (χ0n) is 14.1. The van der Waals surface area contributed by atoms with Crippen LogP contribution in [0.3, 0.4) is 0 Å². The van der Waals surface area contributed by atoms with Gasteiger partial charge in [0.15, 0.2) is 6.10 Å². The quantitative estimate of drug-likeness (QED) is 0.593. The van der Waals surface area contributed by atoms with Crippen LogP contribution in [0.4, 0.5) is 0 Å². The lowest BCUT2D eigenvalue weighted by Gasteiger charge is -2.17. The molecule has 4 rings (SSSR count). The van der Waals surface area contributed by atoms with Gasteiger partial charge in [-0.05, 0) is 28.5 Å². The van der Waals surface area contributed by atoms with Gasteiger partial charge in [0.2, 0.25) is 0 Å². The molecule has 0 saturated heterocycles. The highest BCUT2D eigenvalue weighted by atomic mass is 16.5. The SMILES string of the molecule is NC(=O)C(OCc1ccc2ccccc2n1)c1cccc2ccccc12. The Kier molecular flexibility index (Phi) is 4.33. The molecule has 0 radical (unpaired) electrons. The third kappa shape index (κ3) is 3.15. The Balaban J connectivity index is 1.63. The zero-order valence-corrected chi connectivity index (χ0v) is 14.1. The van der Waals surface area contributed by atoms with Gasteiger partial charge in [0.25, 0.3) is 5.91 Å². The Hall–Kier alpha value is -3.24. The molecule has 0 aliphatic rings. The molecule has 4 nitrogen and oxygen atoms in total.